The Kier molecular flexibility index (Phi) is 12.2. The molecule has 12 nitrogen and oxygen atoms in total. The van der Waals surface area contributed by atoms with Gasteiger partial charge in [-0.25, -0.2) is 15.1 Å². The Morgan fingerprint density at radius 1 is 1.00 bits per heavy atom. The molecule has 3 aromatic rings. The first-order valence-corrected chi connectivity index (χ1v) is 14.5. The second kappa shape index (κ2) is 15.5. The van der Waals surface area contributed by atoms with Crippen LogP contribution in [0.4, 0.5) is 26.3 Å². The van der Waals surface area contributed by atoms with E-state index in [4.69, 9.17) is 35.5 Å². The molecule has 1 saturated heterocycles. The van der Waals surface area contributed by atoms with E-state index in [0.717, 1.165) is 40.6 Å². The molecule has 2 heterocycles. The Labute approximate surface area is 274 Å². The summed E-state index contributed by atoms with van der Waals surface area (Å²) in [5.41, 5.74) is 10.9. The van der Waals surface area contributed by atoms with E-state index in [9.17, 15) is 35.9 Å². The van der Waals surface area contributed by atoms with Crippen LogP contribution in [0.3, 0.4) is 0 Å². The molecule has 2 amide bonds. The summed E-state index contributed by atoms with van der Waals surface area (Å²) in [6.07, 6.45) is -7.48. The number of nitrogens with two attached hydrogens (primary N) is 1. The number of nitrogens with zero attached hydrogens (tertiary/aromatic N) is 2. The third kappa shape index (κ3) is 9.56. The van der Waals surface area contributed by atoms with Gasteiger partial charge in [0.2, 0.25) is 11.8 Å². The summed E-state index contributed by atoms with van der Waals surface area (Å²) in [4.78, 5) is 49.6. The first-order chi connectivity index (χ1) is 22.8. The number of para-hydroxylation sites is 1. The molecule has 49 heavy (non-hydrogen) atoms. The number of hydrogen-bond acceptors (Lipinski definition) is 8. The number of hydroxylamine groups is 1. The van der Waals surface area contributed by atoms with Crippen LogP contribution in [0, 0.1) is 12.8 Å². The average molecular weight is 703 g/mol. The van der Waals surface area contributed by atoms with Crippen LogP contribution in [0.15, 0.2) is 54.6 Å². The van der Waals surface area contributed by atoms with Crippen LogP contribution in [0.25, 0.3) is 10.9 Å². The van der Waals surface area contributed by atoms with Gasteiger partial charge in [0, 0.05) is 29.2 Å². The van der Waals surface area contributed by atoms with Crippen molar-refractivity contribution in [3.05, 3.63) is 71.4 Å². The number of hydrogen-bond donors (Lipinski definition) is 5. The summed E-state index contributed by atoms with van der Waals surface area (Å²) >= 11 is 0. The number of carbonyl (C=O) groups excluding carboxylic acids is 2. The number of ether oxygens (including phenoxy) is 1. The predicted octanol–water partition coefficient (Wildman–Crippen LogP) is 4.45. The van der Waals surface area contributed by atoms with Crippen LogP contribution in [-0.4, -0.2) is 74.0 Å². The number of pyridine rings is 1. The van der Waals surface area contributed by atoms with Crippen LogP contribution < -0.4 is 16.0 Å². The van der Waals surface area contributed by atoms with Gasteiger partial charge in [-0.3, -0.25) is 19.8 Å². The number of amides is 2. The minimum atomic E-state index is -5.08. The SMILES string of the molecule is Cc1cc(COc2ccc([C@@]3(N)CCN([C@@H]4CCC[C@@H]4C(=O)NO)C3=O)cc2)c2ccccc2n1.O=C(O)C(F)(F)F.O=C(O)C(F)(F)F. The lowest BCUT2D eigenvalue weighted by Crippen LogP contribution is -2.50. The second-order valence-corrected chi connectivity index (χ2v) is 11.2. The number of rotatable bonds is 6. The normalized spacial score (nSPS) is 20.5. The summed E-state index contributed by atoms with van der Waals surface area (Å²) in [5.74, 6) is -5.84. The van der Waals surface area contributed by atoms with E-state index in [1.54, 1.807) is 10.4 Å². The topological polar surface area (TPSA) is 192 Å². The van der Waals surface area contributed by atoms with Gasteiger partial charge in [-0.15, -0.1) is 0 Å². The van der Waals surface area contributed by atoms with Crippen molar-refractivity contribution in [3.8, 4) is 5.75 Å². The molecule has 18 heteroatoms. The second-order valence-electron chi connectivity index (χ2n) is 11.2. The van der Waals surface area contributed by atoms with Gasteiger partial charge in [0.15, 0.2) is 0 Å². The van der Waals surface area contributed by atoms with Gasteiger partial charge in [0.25, 0.3) is 0 Å². The van der Waals surface area contributed by atoms with Gasteiger partial charge >= 0.3 is 24.3 Å². The van der Waals surface area contributed by atoms with E-state index in [0.29, 0.717) is 31.7 Å². The molecule has 266 valence electrons. The fourth-order valence-electron chi connectivity index (χ4n) is 5.57. The average Bonchev–Trinajstić information content (AvgIpc) is 3.64. The van der Waals surface area contributed by atoms with E-state index < -0.39 is 41.7 Å². The summed E-state index contributed by atoms with van der Waals surface area (Å²) in [6.45, 7) is 2.86. The monoisotopic (exact) mass is 702 g/mol. The molecule has 1 saturated carbocycles. The first kappa shape index (κ1) is 38.5. The lowest BCUT2D eigenvalue weighted by molar-refractivity contribution is -0.193. The summed E-state index contributed by atoms with van der Waals surface area (Å²) in [6, 6.07) is 17.2. The van der Waals surface area contributed by atoms with Gasteiger partial charge in [0.1, 0.15) is 17.9 Å². The van der Waals surface area contributed by atoms with Gasteiger partial charge in [-0.2, -0.15) is 26.3 Å². The first-order valence-electron chi connectivity index (χ1n) is 14.5. The number of carboxylic acid groups (broad SMARTS) is 2. The highest BCUT2D eigenvalue weighted by atomic mass is 19.4. The zero-order valence-corrected chi connectivity index (χ0v) is 25.7. The molecule has 2 aliphatic rings. The molecule has 1 aliphatic heterocycles. The summed E-state index contributed by atoms with van der Waals surface area (Å²) < 4.78 is 69.5. The Balaban J connectivity index is 0.000000392. The maximum absolute atomic E-state index is 13.4. The molecular formula is C31H32F6N4O8. The zero-order chi connectivity index (χ0) is 36.7. The molecular weight excluding hydrogens is 670 g/mol. The molecule has 1 aromatic heterocycles. The van der Waals surface area contributed by atoms with E-state index in [1.807, 2.05) is 61.5 Å². The van der Waals surface area contributed by atoms with Crippen molar-refractivity contribution >= 4 is 34.7 Å². The van der Waals surface area contributed by atoms with Gasteiger partial charge in [-0.05, 0) is 56.0 Å². The number of carbonyl (C=O) groups is 4. The predicted molar refractivity (Wildman–Crippen MR) is 158 cm³/mol. The maximum atomic E-state index is 13.4. The van der Waals surface area contributed by atoms with Crippen molar-refractivity contribution in [2.75, 3.05) is 6.54 Å². The van der Waals surface area contributed by atoms with E-state index in [-0.39, 0.29) is 11.9 Å². The number of aromatic nitrogens is 1. The molecule has 6 N–H and O–H groups in total. The van der Waals surface area contributed by atoms with Crippen molar-refractivity contribution in [1.29, 1.82) is 0 Å². The molecule has 5 rings (SSSR count). The number of nitrogens with one attached hydrogen (secondary N) is 1. The van der Waals surface area contributed by atoms with Gasteiger partial charge in [0.05, 0.1) is 11.4 Å². The summed E-state index contributed by atoms with van der Waals surface area (Å²) in [5, 5.41) is 24.4. The largest absolute Gasteiger partial charge is 0.490 e. The fourth-order valence-corrected chi connectivity index (χ4v) is 5.57. The number of aliphatic carboxylic acids is 2. The maximum Gasteiger partial charge on any atom is 0.490 e. The molecule has 2 aromatic carbocycles. The highest BCUT2D eigenvalue weighted by Gasteiger charge is 2.50. The number of carboxylic acids is 2. The van der Waals surface area contributed by atoms with E-state index >= 15 is 0 Å². The molecule has 3 atom stereocenters. The number of benzene rings is 2. The van der Waals surface area contributed by atoms with Crippen LogP contribution in [-0.2, 0) is 31.3 Å². The fraction of sp³-hybridized carbons (Fsp3) is 0.387. The van der Waals surface area contributed by atoms with Crippen molar-refractivity contribution < 1.29 is 65.7 Å². The Morgan fingerprint density at radius 2 is 1.57 bits per heavy atom. The zero-order valence-electron chi connectivity index (χ0n) is 25.7. The van der Waals surface area contributed by atoms with Crippen molar-refractivity contribution in [2.45, 2.75) is 63.1 Å². The lowest BCUT2D eigenvalue weighted by atomic mass is 9.89. The Hall–Kier alpha value is -4.97. The van der Waals surface area contributed by atoms with Crippen molar-refractivity contribution in [2.24, 2.45) is 11.7 Å². The standard InChI is InChI=1S/C27H30N4O4.2C2HF3O2/c1-17-15-18(21-5-2-3-7-23(21)29-17)16-35-20-11-9-19(10-12-20)27(28)13-14-31(26(27)33)24-8-4-6-22(24)25(32)30-34;2*3-2(4,5)1(6)7/h2-3,5,7,9-12,15,22,24,34H,4,6,8,13-14,16,28H2,1H3,(H,30,32);2*(H,6,7)/t22-,24+,27-;;/m0../s1. The third-order valence-corrected chi connectivity index (χ3v) is 7.90. The minimum absolute atomic E-state index is 0.174. The van der Waals surface area contributed by atoms with Gasteiger partial charge in [-0.1, -0.05) is 36.8 Å². The molecule has 1 aliphatic carbocycles. The summed E-state index contributed by atoms with van der Waals surface area (Å²) in [7, 11) is 0. The van der Waals surface area contributed by atoms with E-state index in [1.165, 1.54) is 0 Å². The van der Waals surface area contributed by atoms with Crippen LogP contribution in [0.1, 0.15) is 42.5 Å². The smallest absolute Gasteiger partial charge is 0.489 e. The third-order valence-electron chi connectivity index (χ3n) is 7.90. The minimum Gasteiger partial charge on any atom is -0.489 e. The quantitative estimate of drug-likeness (QED) is 0.139. The highest BCUT2D eigenvalue weighted by molar-refractivity contribution is 5.91. The molecule has 2 fully saturated rings. The van der Waals surface area contributed by atoms with Crippen LogP contribution in [0.2, 0.25) is 0 Å². The number of fused-ring (bicyclic) bond motifs is 1. The number of halogens is 6. The molecule has 0 spiro atoms. The molecule has 0 bridgehead atoms. The van der Waals surface area contributed by atoms with Crippen molar-refractivity contribution in [3.63, 3.8) is 0 Å². The number of alkyl halides is 6. The Morgan fingerprint density at radius 3 is 2.12 bits per heavy atom. The number of likely N-dealkylation sites (tertiary alicyclic amines) is 1. The number of aryl methyl sites for hydroxylation is 1. The molecule has 0 unspecified atom stereocenters. The van der Waals surface area contributed by atoms with Crippen LogP contribution >= 0.6 is 0 Å². The van der Waals surface area contributed by atoms with Gasteiger partial charge < -0.3 is 25.6 Å². The van der Waals surface area contributed by atoms with Crippen molar-refractivity contribution in [1.82, 2.24) is 15.4 Å². The molecule has 0 radical (unpaired) electrons. The van der Waals surface area contributed by atoms with E-state index in [2.05, 4.69) is 4.98 Å². The Bertz CT molecular complexity index is 1640. The lowest BCUT2D eigenvalue weighted by Gasteiger charge is -2.30. The van der Waals surface area contributed by atoms with Crippen LogP contribution in [0.5, 0.6) is 5.75 Å². The highest BCUT2D eigenvalue weighted by Crippen LogP contribution is 2.39.